The van der Waals surface area contributed by atoms with Gasteiger partial charge in [-0.2, -0.15) is 0 Å². The van der Waals surface area contributed by atoms with Gasteiger partial charge in [0.25, 0.3) is 0 Å². The first-order chi connectivity index (χ1) is 10.2. The van der Waals surface area contributed by atoms with Gasteiger partial charge in [-0.15, -0.1) is 0 Å². The van der Waals surface area contributed by atoms with Gasteiger partial charge in [0, 0.05) is 17.6 Å². The molecule has 1 aromatic rings. The summed E-state index contributed by atoms with van der Waals surface area (Å²) < 4.78 is 11.6. The molecule has 112 valence electrons. The highest BCUT2D eigenvalue weighted by atomic mass is 16.5. The van der Waals surface area contributed by atoms with E-state index in [-0.39, 0.29) is 18.1 Å². The number of methoxy groups -OCH3 is 1. The second-order valence-corrected chi connectivity index (χ2v) is 6.22. The molecule has 4 rings (SSSR count). The van der Waals surface area contributed by atoms with Crippen molar-refractivity contribution in [2.75, 3.05) is 13.7 Å². The fourth-order valence-corrected chi connectivity index (χ4v) is 4.55. The van der Waals surface area contributed by atoms with Crippen molar-refractivity contribution >= 4 is 6.08 Å². The van der Waals surface area contributed by atoms with E-state index >= 15 is 0 Å². The molecule has 4 nitrogen and oxygen atoms in total. The van der Waals surface area contributed by atoms with Crippen LogP contribution in [0.25, 0.3) is 6.08 Å². The van der Waals surface area contributed by atoms with Crippen LogP contribution in [0.3, 0.4) is 0 Å². The standard InChI is InChI=1S/C17H20O4/c1-20-13-7-3-10-2-4-11-5-6-12(19)16-17(11,8-9-18)14(10)15(13)21-16/h2-4,7,11-12,16,18-19H,5-6,8-9H2,1H3/t11-,12?,16+,17+/m1/s1. The van der Waals surface area contributed by atoms with Crippen LogP contribution in [0, 0.1) is 5.92 Å². The third-order valence-corrected chi connectivity index (χ3v) is 5.41. The van der Waals surface area contributed by atoms with Crippen LogP contribution in [0.15, 0.2) is 18.2 Å². The molecule has 1 aliphatic heterocycles. The van der Waals surface area contributed by atoms with E-state index in [9.17, 15) is 10.2 Å². The summed E-state index contributed by atoms with van der Waals surface area (Å²) in [6.07, 6.45) is 5.84. The highest BCUT2D eigenvalue weighted by Gasteiger charge is 2.60. The van der Waals surface area contributed by atoms with Crippen molar-refractivity contribution < 1.29 is 19.7 Å². The molecule has 0 radical (unpaired) electrons. The zero-order valence-electron chi connectivity index (χ0n) is 12.1. The van der Waals surface area contributed by atoms with Crippen molar-refractivity contribution in [3.8, 4) is 11.5 Å². The minimum absolute atomic E-state index is 0.0903. The summed E-state index contributed by atoms with van der Waals surface area (Å²) in [6, 6.07) is 3.95. The lowest BCUT2D eigenvalue weighted by molar-refractivity contribution is -0.0498. The Balaban J connectivity index is 1.99. The Morgan fingerprint density at radius 1 is 1.38 bits per heavy atom. The van der Waals surface area contributed by atoms with E-state index in [1.165, 1.54) is 0 Å². The van der Waals surface area contributed by atoms with Gasteiger partial charge >= 0.3 is 0 Å². The molecule has 1 heterocycles. The lowest BCUT2D eigenvalue weighted by Crippen LogP contribution is -2.55. The molecule has 4 heteroatoms. The zero-order valence-corrected chi connectivity index (χ0v) is 12.1. The Hall–Kier alpha value is -1.52. The largest absolute Gasteiger partial charge is 0.493 e. The highest BCUT2D eigenvalue weighted by molar-refractivity contribution is 5.70. The molecule has 2 aliphatic carbocycles. The van der Waals surface area contributed by atoms with E-state index in [1.807, 2.05) is 12.1 Å². The molecule has 1 aromatic carbocycles. The summed E-state index contributed by atoms with van der Waals surface area (Å²) in [7, 11) is 1.63. The Morgan fingerprint density at radius 2 is 2.24 bits per heavy atom. The van der Waals surface area contributed by atoms with Crippen molar-refractivity contribution in [2.24, 2.45) is 5.92 Å². The quantitative estimate of drug-likeness (QED) is 0.891. The van der Waals surface area contributed by atoms with Gasteiger partial charge in [0.15, 0.2) is 11.5 Å². The first-order valence-corrected chi connectivity index (χ1v) is 7.57. The maximum atomic E-state index is 10.5. The number of rotatable bonds is 3. The minimum Gasteiger partial charge on any atom is -0.493 e. The van der Waals surface area contributed by atoms with Crippen LogP contribution in [0.5, 0.6) is 11.5 Å². The molecular formula is C17H20O4. The lowest BCUT2D eigenvalue weighted by atomic mass is 9.57. The average Bonchev–Trinajstić information content (AvgIpc) is 2.85. The van der Waals surface area contributed by atoms with Gasteiger partial charge in [-0.05, 0) is 36.8 Å². The smallest absolute Gasteiger partial charge is 0.166 e. The fraction of sp³-hybridized carbons (Fsp3) is 0.529. The second kappa shape index (κ2) is 4.49. The molecule has 0 aromatic heterocycles. The van der Waals surface area contributed by atoms with E-state index in [1.54, 1.807) is 7.11 Å². The first kappa shape index (κ1) is 13.2. The summed E-state index contributed by atoms with van der Waals surface area (Å²) in [5.74, 6) is 1.77. The van der Waals surface area contributed by atoms with E-state index in [0.717, 1.165) is 29.7 Å². The topological polar surface area (TPSA) is 58.9 Å². The Kier molecular flexibility index (Phi) is 2.81. The Labute approximate surface area is 124 Å². The number of allylic oxidation sites excluding steroid dienone is 1. The van der Waals surface area contributed by atoms with Crippen molar-refractivity contribution in [3.05, 3.63) is 29.3 Å². The van der Waals surface area contributed by atoms with Gasteiger partial charge < -0.3 is 19.7 Å². The van der Waals surface area contributed by atoms with Gasteiger partial charge in [0.1, 0.15) is 6.10 Å². The van der Waals surface area contributed by atoms with Crippen LogP contribution in [0.4, 0.5) is 0 Å². The maximum absolute atomic E-state index is 10.5. The summed E-state index contributed by atoms with van der Waals surface area (Å²) in [5, 5.41) is 20.1. The normalized spacial score (nSPS) is 35.3. The van der Waals surface area contributed by atoms with E-state index in [0.29, 0.717) is 18.1 Å². The van der Waals surface area contributed by atoms with Crippen LogP contribution < -0.4 is 9.47 Å². The summed E-state index contributed by atoms with van der Waals surface area (Å²) in [5.41, 5.74) is 1.92. The molecule has 0 amide bonds. The van der Waals surface area contributed by atoms with Gasteiger partial charge in [-0.25, -0.2) is 0 Å². The van der Waals surface area contributed by atoms with E-state index < -0.39 is 6.10 Å². The highest BCUT2D eigenvalue weighted by Crippen LogP contribution is 2.60. The summed E-state index contributed by atoms with van der Waals surface area (Å²) >= 11 is 0. The van der Waals surface area contributed by atoms with Crippen molar-refractivity contribution in [3.63, 3.8) is 0 Å². The fourth-order valence-electron chi connectivity index (χ4n) is 4.55. The van der Waals surface area contributed by atoms with Crippen molar-refractivity contribution in [1.29, 1.82) is 0 Å². The third kappa shape index (κ3) is 1.52. The number of ether oxygens (including phenoxy) is 2. The average molecular weight is 288 g/mol. The molecule has 2 N–H and O–H groups in total. The maximum Gasteiger partial charge on any atom is 0.166 e. The van der Waals surface area contributed by atoms with Gasteiger partial charge in [-0.3, -0.25) is 0 Å². The van der Waals surface area contributed by atoms with E-state index in [2.05, 4.69) is 12.2 Å². The number of hydrogen-bond donors (Lipinski definition) is 2. The number of aliphatic hydroxyl groups is 2. The Bertz CT molecular complexity index is 609. The first-order valence-electron chi connectivity index (χ1n) is 7.57. The molecule has 1 unspecified atom stereocenters. The van der Waals surface area contributed by atoms with Gasteiger partial charge in [0.05, 0.1) is 13.2 Å². The summed E-state index contributed by atoms with van der Waals surface area (Å²) in [4.78, 5) is 0. The van der Waals surface area contributed by atoms with Gasteiger partial charge in [-0.1, -0.05) is 18.2 Å². The number of aliphatic hydroxyl groups excluding tert-OH is 2. The monoisotopic (exact) mass is 288 g/mol. The number of hydrogen-bond acceptors (Lipinski definition) is 4. The van der Waals surface area contributed by atoms with Gasteiger partial charge in [0.2, 0.25) is 0 Å². The lowest BCUT2D eigenvalue weighted by Gasteiger charge is -2.47. The molecule has 0 bridgehead atoms. The minimum atomic E-state index is -0.496. The zero-order chi connectivity index (χ0) is 14.6. The van der Waals surface area contributed by atoms with Crippen molar-refractivity contribution in [1.82, 2.24) is 0 Å². The van der Waals surface area contributed by atoms with Crippen LogP contribution in [-0.2, 0) is 5.41 Å². The molecule has 3 aliphatic rings. The third-order valence-electron chi connectivity index (χ3n) is 5.41. The molecule has 1 fully saturated rings. The Morgan fingerprint density at radius 3 is 3.00 bits per heavy atom. The van der Waals surface area contributed by atoms with Crippen molar-refractivity contribution in [2.45, 2.75) is 36.9 Å². The molecule has 1 saturated carbocycles. The second-order valence-electron chi connectivity index (χ2n) is 6.22. The molecule has 0 saturated heterocycles. The van der Waals surface area contributed by atoms with Crippen LogP contribution in [-0.4, -0.2) is 36.1 Å². The van der Waals surface area contributed by atoms with E-state index in [4.69, 9.17) is 9.47 Å². The molecule has 21 heavy (non-hydrogen) atoms. The van der Waals surface area contributed by atoms with Crippen LogP contribution in [0.1, 0.15) is 30.4 Å². The molecule has 4 atom stereocenters. The summed E-state index contributed by atoms with van der Waals surface area (Å²) in [6.45, 7) is 0.0903. The molecule has 0 spiro atoms. The molecular weight excluding hydrogens is 268 g/mol. The van der Waals surface area contributed by atoms with Crippen LogP contribution in [0.2, 0.25) is 0 Å². The predicted octanol–water partition coefficient (Wildman–Crippen LogP) is 1.87. The number of benzene rings is 1. The predicted molar refractivity (Wildman–Crippen MR) is 78.6 cm³/mol. The SMILES string of the molecule is COc1ccc2c3c1O[C@H]1C(O)CC[C@@H](C=C2)[C@@]31CCO. The van der Waals surface area contributed by atoms with Crippen LogP contribution >= 0.6 is 0 Å².